The minimum atomic E-state index is -0.704. The van der Waals surface area contributed by atoms with Gasteiger partial charge in [0.2, 0.25) is 0 Å². The van der Waals surface area contributed by atoms with Gasteiger partial charge in [0.1, 0.15) is 22.3 Å². The summed E-state index contributed by atoms with van der Waals surface area (Å²) in [6, 6.07) is 5.51. The van der Waals surface area contributed by atoms with Crippen LogP contribution in [0.15, 0.2) is 42.0 Å². The number of halogens is 2. The van der Waals surface area contributed by atoms with Crippen LogP contribution in [0.1, 0.15) is 47.3 Å². The lowest BCUT2D eigenvalue weighted by Gasteiger charge is -2.38. The first-order chi connectivity index (χ1) is 15.4. The van der Waals surface area contributed by atoms with Crippen molar-refractivity contribution >= 4 is 17.1 Å². The quantitative estimate of drug-likeness (QED) is 0.540. The molecule has 32 heavy (non-hydrogen) atoms. The third kappa shape index (κ3) is 4.48. The highest BCUT2D eigenvalue weighted by atomic mass is 32.1. The zero-order valence-electron chi connectivity index (χ0n) is 17.9. The maximum Gasteiger partial charge on any atom is 0.186 e. The molecular formula is C24H25F2N3O2S. The third-order valence-corrected chi connectivity index (χ3v) is 7.03. The number of carbonyl (C=O) groups is 1. The molecule has 0 saturated heterocycles. The summed E-state index contributed by atoms with van der Waals surface area (Å²) < 4.78 is 33.7. The number of hydrogen-bond donors (Lipinski definition) is 1. The molecule has 0 amide bonds. The van der Waals surface area contributed by atoms with Gasteiger partial charge in [-0.25, -0.2) is 13.8 Å². The fraction of sp³-hybridized carbons (Fsp3) is 0.375. The molecule has 4 rings (SSSR count). The van der Waals surface area contributed by atoms with Crippen LogP contribution in [-0.4, -0.2) is 35.0 Å². The molecule has 2 heterocycles. The van der Waals surface area contributed by atoms with E-state index in [4.69, 9.17) is 10.5 Å². The molecule has 3 aromatic rings. The second-order valence-corrected chi connectivity index (χ2v) is 9.18. The molecule has 8 heteroatoms. The van der Waals surface area contributed by atoms with Crippen LogP contribution in [0.4, 0.5) is 8.78 Å². The highest BCUT2D eigenvalue weighted by molar-refractivity contribution is 7.13. The van der Waals surface area contributed by atoms with Gasteiger partial charge in [-0.3, -0.25) is 9.78 Å². The third-order valence-electron chi connectivity index (χ3n) is 6.17. The maximum atomic E-state index is 14.1. The molecule has 1 aliphatic carbocycles. The summed E-state index contributed by atoms with van der Waals surface area (Å²) in [6.07, 6.45) is 5.23. The van der Waals surface area contributed by atoms with Crippen molar-refractivity contribution in [2.45, 2.75) is 44.2 Å². The molecule has 2 aromatic heterocycles. The Labute approximate surface area is 189 Å². The van der Waals surface area contributed by atoms with Crippen LogP contribution in [0.5, 0.6) is 0 Å². The molecule has 1 saturated carbocycles. The maximum absolute atomic E-state index is 14.1. The first-order valence-corrected chi connectivity index (χ1v) is 11.4. The number of pyridine rings is 1. The van der Waals surface area contributed by atoms with Gasteiger partial charge in [0, 0.05) is 37.3 Å². The lowest BCUT2D eigenvalue weighted by molar-refractivity contribution is 0.00970. The molecule has 1 aromatic carbocycles. The van der Waals surface area contributed by atoms with Crippen LogP contribution in [0, 0.1) is 17.6 Å². The van der Waals surface area contributed by atoms with Crippen LogP contribution in [0.3, 0.4) is 0 Å². The summed E-state index contributed by atoms with van der Waals surface area (Å²) in [5, 5.41) is 1.69. The van der Waals surface area contributed by atoms with Crippen molar-refractivity contribution in [3.05, 3.63) is 70.5 Å². The minimum Gasteiger partial charge on any atom is -0.380 e. The predicted molar refractivity (Wildman–Crippen MR) is 120 cm³/mol. The van der Waals surface area contributed by atoms with Crippen LogP contribution >= 0.6 is 11.3 Å². The number of hydrogen-bond acceptors (Lipinski definition) is 6. The van der Waals surface area contributed by atoms with Gasteiger partial charge in [0.05, 0.1) is 11.7 Å². The van der Waals surface area contributed by atoms with E-state index in [-0.39, 0.29) is 46.5 Å². The van der Waals surface area contributed by atoms with Gasteiger partial charge in [-0.1, -0.05) is 13.0 Å². The number of nitrogens with two attached hydrogens (primary N) is 1. The van der Waals surface area contributed by atoms with Crippen molar-refractivity contribution in [1.82, 2.24) is 9.97 Å². The number of Topliss-reactive ketones (excluding diaryl/α,β-unsaturated/α-hetero) is 1. The average Bonchev–Trinajstić information content (AvgIpc) is 3.24. The lowest BCUT2D eigenvalue weighted by atomic mass is 9.73. The summed E-state index contributed by atoms with van der Waals surface area (Å²) >= 11 is 1.05. The van der Waals surface area contributed by atoms with Crippen molar-refractivity contribution in [1.29, 1.82) is 0 Å². The second kappa shape index (κ2) is 9.52. The van der Waals surface area contributed by atoms with Gasteiger partial charge < -0.3 is 10.5 Å². The van der Waals surface area contributed by atoms with E-state index in [1.165, 1.54) is 18.2 Å². The molecule has 2 N–H and O–H groups in total. The molecule has 0 bridgehead atoms. The number of benzene rings is 1. The Hall–Kier alpha value is -2.55. The smallest absolute Gasteiger partial charge is 0.186 e. The van der Waals surface area contributed by atoms with E-state index in [1.54, 1.807) is 24.9 Å². The van der Waals surface area contributed by atoms with Crippen LogP contribution in [-0.2, 0) is 11.2 Å². The second-order valence-electron chi connectivity index (χ2n) is 8.32. The standard InChI is InChI=1S/C24H25F2N3O2S/c1-13-8-14(9-19(27)23(13)31-2)16-6-7-28-11-15(16)10-21(30)20-12-32-24(29-20)22-17(25)4-3-5-18(22)26/h3-7,11-14,19,23H,8-10,27H2,1-2H3/t13-,14+,19+,23-/m0/s1. The number of ketones is 1. The zero-order chi connectivity index (χ0) is 22.8. The van der Waals surface area contributed by atoms with Gasteiger partial charge in [-0.15, -0.1) is 11.3 Å². The van der Waals surface area contributed by atoms with Crippen LogP contribution in [0.2, 0.25) is 0 Å². The van der Waals surface area contributed by atoms with E-state index in [1.807, 2.05) is 6.07 Å². The Kier molecular flexibility index (Phi) is 6.74. The minimum absolute atomic E-state index is 0.0189. The Morgan fingerprint density at radius 1 is 1.25 bits per heavy atom. The van der Waals surface area contributed by atoms with Crippen molar-refractivity contribution in [3.63, 3.8) is 0 Å². The summed E-state index contributed by atoms with van der Waals surface area (Å²) in [7, 11) is 1.69. The summed E-state index contributed by atoms with van der Waals surface area (Å²) in [5.74, 6) is -1.13. The van der Waals surface area contributed by atoms with Gasteiger partial charge in [-0.2, -0.15) is 0 Å². The number of carbonyl (C=O) groups excluding carboxylic acids is 1. The number of ether oxygens (including phenoxy) is 1. The van der Waals surface area contributed by atoms with Gasteiger partial charge in [0.25, 0.3) is 0 Å². The molecule has 0 radical (unpaired) electrons. The first-order valence-electron chi connectivity index (χ1n) is 10.5. The topological polar surface area (TPSA) is 78.1 Å². The van der Waals surface area contributed by atoms with E-state index < -0.39 is 11.6 Å². The molecule has 5 nitrogen and oxygen atoms in total. The molecular weight excluding hydrogens is 432 g/mol. The number of thiazole rings is 1. The van der Waals surface area contributed by atoms with E-state index in [2.05, 4.69) is 16.9 Å². The van der Waals surface area contributed by atoms with Crippen molar-refractivity contribution in [3.8, 4) is 10.6 Å². The summed E-state index contributed by atoms with van der Waals surface area (Å²) in [5.41, 5.74) is 8.21. The number of methoxy groups -OCH3 is 1. The van der Waals surface area contributed by atoms with Crippen molar-refractivity contribution in [2.24, 2.45) is 11.7 Å². The van der Waals surface area contributed by atoms with Gasteiger partial charge in [-0.05, 0) is 54.0 Å². The van der Waals surface area contributed by atoms with Gasteiger partial charge >= 0.3 is 0 Å². The molecule has 1 fully saturated rings. The van der Waals surface area contributed by atoms with Crippen LogP contribution in [0.25, 0.3) is 10.6 Å². The zero-order valence-corrected chi connectivity index (χ0v) is 18.7. The Morgan fingerprint density at radius 3 is 2.69 bits per heavy atom. The summed E-state index contributed by atoms with van der Waals surface area (Å²) in [4.78, 5) is 21.4. The largest absolute Gasteiger partial charge is 0.380 e. The molecule has 1 aliphatic rings. The fourth-order valence-electron chi connectivity index (χ4n) is 4.69. The molecule has 168 valence electrons. The molecule has 0 aliphatic heterocycles. The SMILES string of the molecule is CO[C@@H]1[C@H](N)C[C@H](c2ccncc2CC(=O)c2csc(-c3c(F)cccc3F)n2)C[C@@H]1C. The van der Waals surface area contributed by atoms with E-state index >= 15 is 0 Å². The highest BCUT2D eigenvalue weighted by Gasteiger charge is 2.35. The number of aromatic nitrogens is 2. The van der Waals surface area contributed by atoms with Gasteiger partial charge in [0.15, 0.2) is 5.78 Å². The van der Waals surface area contributed by atoms with Crippen molar-refractivity contribution < 1.29 is 18.3 Å². The number of nitrogens with zero attached hydrogens (tertiary/aromatic N) is 2. The van der Waals surface area contributed by atoms with E-state index in [9.17, 15) is 13.6 Å². The fourth-order valence-corrected chi connectivity index (χ4v) is 5.56. The lowest BCUT2D eigenvalue weighted by Crippen LogP contribution is -2.45. The van der Waals surface area contributed by atoms with Crippen molar-refractivity contribution in [2.75, 3.05) is 7.11 Å². The monoisotopic (exact) mass is 457 g/mol. The molecule has 4 atom stereocenters. The highest BCUT2D eigenvalue weighted by Crippen LogP contribution is 2.38. The normalized spacial score (nSPS) is 23.3. The molecule has 0 unspecified atom stereocenters. The predicted octanol–water partition coefficient (Wildman–Crippen LogP) is 4.76. The Balaban J connectivity index is 1.55. The Bertz CT molecular complexity index is 1090. The van der Waals surface area contributed by atoms with Crippen LogP contribution < -0.4 is 5.73 Å². The summed E-state index contributed by atoms with van der Waals surface area (Å²) in [6.45, 7) is 2.13. The number of rotatable bonds is 6. The Morgan fingerprint density at radius 2 is 2.00 bits per heavy atom. The van der Waals surface area contributed by atoms with E-state index in [0.29, 0.717) is 5.92 Å². The first kappa shape index (κ1) is 22.6. The average molecular weight is 458 g/mol. The van der Waals surface area contributed by atoms with E-state index in [0.717, 1.165) is 35.3 Å². The molecule has 0 spiro atoms.